The molecule has 6 heteroatoms. The average Bonchev–Trinajstić information content (AvgIpc) is 2.46. The van der Waals surface area contributed by atoms with Crippen molar-refractivity contribution in [3.63, 3.8) is 0 Å². The van der Waals surface area contributed by atoms with Gasteiger partial charge in [-0.3, -0.25) is 4.79 Å². The fourth-order valence-electron chi connectivity index (χ4n) is 2.27. The molecule has 0 fully saturated rings. The highest BCUT2D eigenvalue weighted by molar-refractivity contribution is 5.86. The first-order valence-corrected chi connectivity index (χ1v) is 6.18. The van der Waals surface area contributed by atoms with Crippen LogP contribution in [0.15, 0.2) is 35.3 Å². The molecule has 2 aromatic rings. The van der Waals surface area contributed by atoms with Crippen molar-refractivity contribution in [2.24, 2.45) is 0 Å². The number of carboxylic acids is 1. The molecule has 2 N–H and O–H groups in total. The van der Waals surface area contributed by atoms with E-state index in [4.69, 9.17) is 9.84 Å². The van der Waals surface area contributed by atoms with E-state index >= 15 is 0 Å². The third-order valence-electron chi connectivity index (χ3n) is 3.32. The first-order valence-electron chi connectivity index (χ1n) is 6.18. The van der Waals surface area contributed by atoms with Crippen LogP contribution in [0.25, 0.3) is 0 Å². The molecule has 2 heterocycles. The lowest BCUT2D eigenvalue weighted by molar-refractivity contribution is 0.0694. The fourth-order valence-corrected chi connectivity index (χ4v) is 2.27. The van der Waals surface area contributed by atoms with Gasteiger partial charge in [-0.15, -0.1) is 0 Å². The van der Waals surface area contributed by atoms with Crippen LogP contribution in [0.3, 0.4) is 0 Å². The molecular weight excluding hydrogens is 260 g/mol. The lowest BCUT2D eigenvalue weighted by atomic mass is 9.96. The van der Waals surface area contributed by atoms with Crippen molar-refractivity contribution in [3.05, 3.63) is 57.8 Å². The zero-order valence-electron chi connectivity index (χ0n) is 10.5. The largest absolute Gasteiger partial charge is 0.493 e. The van der Waals surface area contributed by atoms with Crippen molar-refractivity contribution in [1.29, 1.82) is 0 Å². The van der Waals surface area contributed by atoms with Crippen molar-refractivity contribution in [2.45, 2.75) is 12.3 Å². The minimum atomic E-state index is -1.28. The molecule has 6 nitrogen and oxygen atoms in total. The van der Waals surface area contributed by atoms with Crippen LogP contribution >= 0.6 is 0 Å². The fraction of sp³-hybridized carbons (Fsp3) is 0.214. The number of aromatic carboxylic acids is 1. The second-order valence-electron chi connectivity index (χ2n) is 4.64. The van der Waals surface area contributed by atoms with E-state index in [1.165, 1.54) is 0 Å². The van der Waals surface area contributed by atoms with Gasteiger partial charge in [0, 0.05) is 6.20 Å². The highest BCUT2D eigenvalue weighted by atomic mass is 16.5. The topological polar surface area (TPSA) is 92.3 Å². The Labute approximate surface area is 114 Å². The first kappa shape index (κ1) is 12.4. The van der Waals surface area contributed by atoms with Gasteiger partial charge in [0.25, 0.3) is 5.56 Å². The van der Waals surface area contributed by atoms with Crippen molar-refractivity contribution in [1.82, 2.24) is 9.97 Å². The number of benzene rings is 1. The van der Waals surface area contributed by atoms with Gasteiger partial charge in [0.05, 0.1) is 12.5 Å². The summed E-state index contributed by atoms with van der Waals surface area (Å²) in [5.41, 5.74) is 0.0564. The average molecular weight is 272 g/mol. The number of para-hydroxylation sites is 1. The van der Waals surface area contributed by atoms with Gasteiger partial charge in [0.2, 0.25) is 0 Å². The van der Waals surface area contributed by atoms with E-state index in [-0.39, 0.29) is 11.5 Å². The summed E-state index contributed by atoms with van der Waals surface area (Å²) in [5.74, 6) is -0.0706. The zero-order valence-corrected chi connectivity index (χ0v) is 10.5. The lowest BCUT2D eigenvalue weighted by Gasteiger charge is -2.24. The molecule has 1 aliphatic heterocycles. The van der Waals surface area contributed by atoms with Gasteiger partial charge in [-0.2, -0.15) is 0 Å². The predicted molar refractivity (Wildman–Crippen MR) is 70.2 cm³/mol. The molecule has 0 bridgehead atoms. The summed E-state index contributed by atoms with van der Waals surface area (Å²) in [7, 11) is 0. The minimum Gasteiger partial charge on any atom is -0.493 e. The van der Waals surface area contributed by atoms with Crippen LogP contribution in [-0.4, -0.2) is 27.7 Å². The number of aromatic nitrogens is 2. The number of hydrogen-bond donors (Lipinski definition) is 2. The van der Waals surface area contributed by atoms with Gasteiger partial charge in [-0.05, 0) is 18.1 Å². The predicted octanol–water partition coefficient (Wildman–Crippen LogP) is 1.19. The summed E-state index contributed by atoms with van der Waals surface area (Å²) >= 11 is 0. The van der Waals surface area contributed by atoms with Gasteiger partial charge in [0.1, 0.15) is 17.1 Å². The molecule has 0 spiro atoms. The minimum absolute atomic E-state index is 0.0829. The number of H-pyrrole nitrogens is 1. The van der Waals surface area contributed by atoms with Crippen molar-refractivity contribution in [2.75, 3.05) is 6.61 Å². The van der Waals surface area contributed by atoms with Crippen LogP contribution in [0.2, 0.25) is 0 Å². The molecule has 0 saturated heterocycles. The van der Waals surface area contributed by atoms with Crippen LogP contribution in [0.5, 0.6) is 5.75 Å². The van der Waals surface area contributed by atoms with Crippen LogP contribution in [0.1, 0.15) is 27.7 Å². The Bertz CT molecular complexity index is 723. The molecule has 1 aliphatic rings. The molecule has 3 rings (SSSR count). The Morgan fingerprint density at radius 3 is 2.95 bits per heavy atom. The lowest BCUT2D eigenvalue weighted by Crippen LogP contribution is -2.26. The highest BCUT2D eigenvalue weighted by Crippen LogP contribution is 2.30. The van der Waals surface area contributed by atoms with Gasteiger partial charge in [-0.1, -0.05) is 18.2 Å². The van der Waals surface area contributed by atoms with E-state index < -0.39 is 11.5 Å². The smallest absolute Gasteiger partial charge is 0.342 e. The molecule has 0 saturated carbocycles. The maximum atomic E-state index is 11.7. The van der Waals surface area contributed by atoms with Crippen LogP contribution in [0.4, 0.5) is 0 Å². The Morgan fingerprint density at radius 2 is 2.20 bits per heavy atom. The zero-order chi connectivity index (χ0) is 14.1. The number of nitrogens with zero attached hydrogens (tertiary/aromatic N) is 1. The molecule has 102 valence electrons. The number of carbonyl (C=O) groups is 1. The standard InChI is InChI=1S/C14H12N2O4/c17-13-10(14(18)19)6-15-12(16-13)9-5-8-3-1-2-4-11(8)20-7-9/h1-4,6,9H,5,7H2,(H,18,19)(H,15,16,17). The molecule has 1 unspecified atom stereocenters. The van der Waals surface area contributed by atoms with Gasteiger partial charge in [0.15, 0.2) is 0 Å². The third-order valence-corrected chi connectivity index (χ3v) is 3.32. The number of hydrogen-bond acceptors (Lipinski definition) is 4. The number of nitrogens with one attached hydrogen (secondary N) is 1. The number of rotatable bonds is 2. The number of fused-ring (bicyclic) bond motifs is 1. The van der Waals surface area contributed by atoms with E-state index in [1.807, 2.05) is 24.3 Å². The quantitative estimate of drug-likeness (QED) is 0.856. The maximum Gasteiger partial charge on any atom is 0.342 e. The van der Waals surface area contributed by atoms with Gasteiger partial charge >= 0.3 is 5.97 Å². The van der Waals surface area contributed by atoms with Crippen molar-refractivity contribution >= 4 is 5.97 Å². The highest BCUT2D eigenvalue weighted by Gasteiger charge is 2.23. The molecule has 0 amide bonds. The van der Waals surface area contributed by atoms with E-state index in [1.54, 1.807) is 0 Å². The molecule has 1 atom stereocenters. The van der Waals surface area contributed by atoms with Crippen LogP contribution < -0.4 is 10.3 Å². The van der Waals surface area contributed by atoms with Crippen molar-refractivity contribution in [3.8, 4) is 5.75 Å². The van der Waals surface area contributed by atoms with E-state index in [0.717, 1.165) is 17.5 Å². The van der Waals surface area contributed by atoms with Crippen LogP contribution in [-0.2, 0) is 6.42 Å². The molecule has 1 aromatic heterocycles. The molecule has 20 heavy (non-hydrogen) atoms. The van der Waals surface area contributed by atoms with E-state index in [0.29, 0.717) is 18.9 Å². The first-order chi connectivity index (χ1) is 9.65. The summed E-state index contributed by atoms with van der Waals surface area (Å²) in [4.78, 5) is 29.0. The molecular formula is C14H12N2O4. The molecule has 0 radical (unpaired) electrons. The third kappa shape index (κ3) is 2.16. The summed E-state index contributed by atoms with van der Waals surface area (Å²) in [6.07, 6.45) is 1.79. The Hall–Kier alpha value is -2.63. The summed E-state index contributed by atoms with van der Waals surface area (Å²) in [6, 6.07) is 7.69. The monoisotopic (exact) mass is 272 g/mol. The SMILES string of the molecule is O=C(O)c1cnc(C2COc3ccccc3C2)[nH]c1=O. The van der Waals surface area contributed by atoms with Gasteiger partial charge < -0.3 is 14.8 Å². The molecule has 0 aliphatic carbocycles. The Morgan fingerprint density at radius 1 is 1.40 bits per heavy atom. The second-order valence-corrected chi connectivity index (χ2v) is 4.64. The summed E-state index contributed by atoms with van der Waals surface area (Å²) < 4.78 is 5.63. The van der Waals surface area contributed by atoms with Crippen molar-refractivity contribution < 1.29 is 14.6 Å². The normalized spacial score (nSPS) is 17.1. The van der Waals surface area contributed by atoms with Gasteiger partial charge in [-0.25, -0.2) is 9.78 Å². The summed E-state index contributed by atoms with van der Waals surface area (Å²) in [6.45, 7) is 0.409. The second kappa shape index (κ2) is 4.80. The number of aromatic amines is 1. The van der Waals surface area contributed by atoms with Crippen LogP contribution in [0, 0.1) is 0 Å². The Balaban J connectivity index is 1.90. The number of carboxylic acid groups (broad SMARTS) is 1. The Kier molecular flexibility index (Phi) is 2.98. The maximum absolute atomic E-state index is 11.7. The van der Waals surface area contributed by atoms with E-state index in [9.17, 15) is 9.59 Å². The molecule has 1 aromatic carbocycles. The number of ether oxygens (including phenoxy) is 1. The van der Waals surface area contributed by atoms with E-state index in [2.05, 4.69) is 9.97 Å². The summed E-state index contributed by atoms with van der Waals surface area (Å²) in [5, 5.41) is 8.81.